The lowest BCUT2D eigenvalue weighted by atomic mass is 9.99. The molecule has 2 aromatic carbocycles. The van der Waals surface area contributed by atoms with E-state index in [1.165, 1.54) is 17.1 Å². The number of para-hydroxylation sites is 1. The molecule has 2 aliphatic rings. The highest BCUT2D eigenvalue weighted by atomic mass is 32.2. The number of hydrogen-bond donors (Lipinski definition) is 0. The van der Waals surface area contributed by atoms with E-state index in [4.69, 9.17) is 0 Å². The average Bonchev–Trinajstić information content (AvgIpc) is 2.72. The monoisotopic (exact) mass is 415 g/mol. The molecular weight excluding hydrogens is 393 g/mol. The molecule has 0 unspecified atom stereocenters. The van der Waals surface area contributed by atoms with Gasteiger partial charge >= 0.3 is 0 Å². The Morgan fingerprint density at radius 3 is 2.48 bits per heavy atom. The summed E-state index contributed by atoms with van der Waals surface area (Å²) in [5.41, 5.74) is 0.698. The van der Waals surface area contributed by atoms with Gasteiger partial charge in [-0.05, 0) is 37.0 Å². The van der Waals surface area contributed by atoms with Crippen LogP contribution < -0.4 is 5.01 Å². The summed E-state index contributed by atoms with van der Waals surface area (Å²) in [7, 11) is -4.06. The van der Waals surface area contributed by atoms with E-state index in [0.717, 1.165) is 12.8 Å². The molecule has 152 valence electrons. The lowest BCUT2D eigenvalue weighted by molar-refractivity contribution is -0.125. The fourth-order valence-corrected chi connectivity index (χ4v) is 5.11. The summed E-state index contributed by atoms with van der Waals surface area (Å²) in [4.78, 5) is 14.6. The highest BCUT2D eigenvalue weighted by molar-refractivity contribution is 8.08. The normalized spacial score (nSPS) is 18.9. The highest BCUT2D eigenvalue weighted by Crippen LogP contribution is 2.33. The number of piperidine rings is 1. The summed E-state index contributed by atoms with van der Waals surface area (Å²) < 4.78 is 40.5. The fourth-order valence-electron chi connectivity index (χ4n) is 3.63. The van der Waals surface area contributed by atoms with Gasteiger partial charge in [-0.1, -0.05) is 37.3 Å². The van der Waals surface area contributed by atoms with Gasteiger partial charge < -0.3 is 4.90 Å². The van der Waals surface area contributed by atoms with Crippen molar-refractivity contribution in [2.24, 2.45) is 11.0 Å². The second kappa shape index (κ2) is 7.59. The molecule has 2 aromatic rings. The summed E-state index contributed by atoms with van der Waals surface area (Å²) in [6, 6.07) is 12.6. The van der Waals surface area contributed by atoms with E-state index < -0.39 is 26.6 Å². The first-order valence-corrected chi connectivity index (χ1v) is 11.1. The number of likely N-dealkylation sites (tertiary alicyclic amines) is 1. The molecule has 4 rings (SSSR count). The maximum Gasteiger partial charge on any atom is 0.286 e. The van der Waals surface area contributed by atoms with Crippen LogP contribution in [0.2, 0.25) is 0 Å². The van der Waals surface area contributed by atoms with E-state index in [2.05, 4.69) is 12.0 Å². The Bertz CT molecular complexity index is 1080. The number of carbonyl (C=O) groups is 1. The first-order chi connectivity index (χ1) is 13.9. The van der Waals surface area contributed by atoms with Crippen LogP contribution in [0.1, 0.15) is 25.3 Å². The number of hydrogen-bond acceptors (Lipinski definition) is 5. The van der Waals surface area contributed by atoms with Gasteiger partial charge in [0, 0.05) is 18.7 Å². The number of sulfone groups is 1. The minimum absolute atomic E-state index is 0.0140. The molecule has 29 heavy (non-hydrogen) atoms. The minimum atomic E-state index is -4.06. The first kappa shape index (κ1) is 19.6. The van der Waals surface area contributed by atoms with Gasteiger partial charge in [0.15, 0.2) is 0 Å². The minimum Gasteiger partial charge on any atom is -0.337 e. The number of nitrogens with zero attached hydrogens (tertiary/aromatic N) is 3. The molecule has 0 aromatic heterocycles. The molecule has 2 heterocycles. The number of carbonyl (C=O) groups excluding carboxylic acids is 1. The van der Waals surface area contributed by atoms with Crippen LogP contribution in [0.5, 0.6) is 0 Å². The Kier molecular flexibility index (Phi) is 5.12. The van der Waals surface area contributed by atoms with Crippen LogP contribution in [0.25, 0.3) is 0 Å². The van der Waals surface area contributed by atoms with Gasteiger partial charge in [-0.15, -0.1) is 0 Å². The Morgan fingerprint density at radius 2 is 1.76 bits per heavy atom. The number of benzene rings is 2. The van der Waals surface area contributed by atoms with Gasteiger partial charge in [0.2, 0.25) is 14.9 Å². The third kappa shape index (κ3) is 3.64. The maximum atomic E-state index is 14.2. The molecule has 0 bridgehead atoms. The molecule has 0 spiro atoms. The zero-order valence-corrected chi connectivity index (χ0v) is 16.9. The third-order valence-electron chi connectivity index (χ3n) is 5.43. The first-order valence-electron chi connectivity index (χ1n) is 9.61. The van der Waals surface area contributed by atoms with E-state index in [-0.39, 0.29) is 11.4 Å². The highest BCUT2D eigenvalue weighted by Gasteiger charge is 2.39. The van der Waals surface area contributed by atoms with Gasteiger partial charge in [-0.3, -0.25) is 9.80 Å². The second-order valence-corrected chi connectivity index (χ2v) is 9.33. The van der Waals surface area contributed by atoms with Crippen LogP contribution in [-0.4, -0.2) is 37.4 Å². The lowest BCUT2D eigenvalue weighted by Crippen LogP contribution is -2.46. The molecule has 1 amide bonds. The SMILES string of the molecule is CC1CCN(C(=O)C2=NN(Cc3ccccc3F)c3ccccc3S2(=O)=O)CC1. The van der Waals surface area contributed by atoms with Gasteiger partial charge in [0.05, 0.1) is 17.1 Å². The van der Waals surface area contributed by atoms with E-state index in [1.807, 2.05) is 0 Å². The topological polar surface area (TPSA) is 70.1 Å². The standard InChI is InChI=1S/C21H22FN3O3S/c1-15-10-12-24(13-11-15)21(26)20-23-25(14-16-6-2-3-7-17(16)22)18-8-4-5-9-19(18)29(20,27)28/h2-9,15H,10-14H2,1H3. The Labute approximate surface area is 169 Å². The predicted octanol–water partition coefficient (Wildman–Crippen LogP) is 3.19. The molecule has 0 saturated carbocycles. The second-order valence-electron chi connectivity index (χ2n) is 7.50. The molecule has 2 aliphatic heterocycles. The number of rotatable bonds is 3. The van der Waals surface area contributed by atoms with Crippen LogP contribution >= 0.6 is 0 Å². The molecule has 6 nitrogen and oxygen atoms in total. The van der Waals surface area contributed by atoms with Crippen LogP contribution in [0.15, 0.2) is 58.5 Å². The molecule has 1 saturated heterocycles. The van der Waals surface area contributed by atoms with Crippen LogP contribution in [0, 0.1) is 11.7 Å². The van der Waals surface area contributed by atoms with Crippen LogP contribution in [-0.2, 0) is 21.2 Å². The van der Waals surface area contributed by atoms with Gasteiger partial charge in [-0.25, -0.2) is 12.8 Å². The van der Waals surface area contributed by atoms with Gasteiger partial charge in [0.1, 0.15) is 5.82 Å². The van der Waals surface area contributed by atoms with E-state index in [0.29, 0.717) is 30.3 Å². The number of fused-ring (bicyclic) bond motifs is 1. The smallest absolute Gasteiger partial charge is 0.286 e. The van der Waals surface area contributed by atoms with Crippen molar-refractivity contribution in [3.05, 3.63) is 59.9 Å². The largest absolute Gasteiger partial charge is 0.337 e. The summed E-state index contributed by atoms with van der Waals surface area (Å²) in [6.45, 7) is 3.14. The number of halogens is 1. The fraction of sp³-hybridized carbons (Fsp3) is 0.333. The summed E-state index contributed by atoms with van der Waals surface area (Å²) >= 11 is 0. The van der Waals surface area contributed by atoms with Crippen molar-refractivity contribution < 1.29 is 17.6 Å². The Balaban J connectivity index is 1.75. The third-order valence-corrected chi connectivity index (χ3v) is 7.12. The molecular formula is C21H22FN3O3S. The lowest BCUT2D eigenvalue weighted by Gasteiger charge is -2.32. The summed E-state index contributed by atoms with van der Waals surface area (Å²) in [5.74, 6) is -0.501. The summed E-state index contributed by atoms with van der Waals surface area (Å²) in [6.07, 6.45) is 1.66. The average molecular weight is 415 g/mol. The van der Waals surface area contributed by atoms with E-state index in [9.17, 15) is 17.6 Å². The van der Waals surface area contributed by atoms with Crippen molar-refractivity contribution in [1.82, 2.24) is 4.90 Å². The zero-order valence-electron chi connectivity index (χ0n) is 16.1. The molecule has 0 aliphatic carbocycles. The van der Waals surface area contributed by atoms with E-state index in [1.54, 1.807) is 41.3 Å². The van der Waals surface area contributed by atoms with Gasteiger partial charge in [-0.2, -0.15) is 5.10 Å². The predicted molar refractivity (Wildman–Crippen MR) is 109 cm³/mol. The number of amides is 1. The van der Waals surface area contributed by atoms with Crippen molar-refractivity contribution in [1.29, 1.82) is 0 Å². The number of hydrazone groups is 1. The molecule has 0 N–H and O–H groups in total. The van der Waals surface area contributed by atoms with Gasteiger partial charge in [0.25, 0.3) is 5.91 Å². The van der Waals surface area contributed by atoms with Crippen molar-refractivity contribution >= 4 is 26.5 Å². The molecule has 0 radical (unpaired) electrons. The molecule has 0 atom stereocenters. The van der Waals surface area contributed by atoms with Crippen molar-refractivity contribution in [2.75, 3.05) is 18.1 Å². The van der Waals surface area contributed by atoms with Crippen molar-refractivity contribution in [3.63, 3.8) is 0 Å². The molecule has 8 heteroatoms. The van der Waals surface area contributed by atoms with Crippen molar-refractivity contribution in [2.45, 2.75) is 31.2 Å². The molecule has 1 fully saturated rings. The Hall–Kier alpha value is -2.74. The quantitative estimate of drug-likeness (QED) is 0.772. The van der Waals surface area contributed by atoms with Crippen molar-refractivity contribution in [3.8, 4) is 0 Å². The number of anilines is 1. The summed E-state index contributed by atoms with van der Waals surface area (Å²) in [5, 5.41) is 5.11. The maximum absolute atomic E-state index is 14.2. The Morgan fingerprint density at radius 1 is 1.10 bits per heavy atom. The van der Waals surface area contributed by atoms with E-state index >= 15 is 0 Å². The van der Waals surface area contributed by atoms with Crippen LogP contribution in [0.3, 0.4) is 0 Å². The van der Waals surface area contributed by atoms with Crippen LogP contribution in [0.4, 0.5) is 10.1 Å². The zero-order chi connectivity index (χ0) is 20.6.